The van der Waals surface area contributed by atoms with Crippen molar-refractivity contribution >= 4 is 11.6 Å². The van der Waals surface area contributed by atoms with Crippen molar-refractivity contribution in [1.29, 1.82) is 0 Å². The summed E-state index contributed by atoms with van der Waals surface area (Å²) in [5.41, 5.74) is 7.54. The summed E-state index contributed by atoms with van der Waals surface area (Å²) in [5.74, 6) is 1.39. The summed E-state index contributed by atoms with van der Waals surface area (Å²) in [6.07, 6.45) is 1.18. The molecular formula is C19H24N2O3. The largest absolute Gasteiger partial charge is 0.457 e. The number of benzene rings is 2. The van der Waals surface area contributed by atoms with Gasteiger partial charge in [0.1, 0.15) is 11.5 Å². The molecule has 0 saturated carbocycles. The average molecular weight is 328 g/mol. The number of nitrogens with one attached hydrogen (secondary N) is 1. The van der Waals surface area contributed by atoms with Crippen LogP contribution in [-0.2, 0) is 16.0 Å². The quantitative estimate of drug-likeness (QED) is 0.779. The van der Waals surface area contributed by atoms with E-state index < -0.39 is 0 Å². The van der Waals surface area contributed by atoms with Crippen molar-refractivity contribution in [3.63, 3.8) is 0 Å². The Morgan fingerprint density at radius 1 is 1.08 bits per heavy atom. The molecule has 2 aromatic rings. The minimum Gasteiger partial charge on any atom is -0.457 e. The van der Waals surface area contributed by atoms with Gasteiger partial charge in [0.25, 0.3) is 0 Å². The molecule has 1 unspecified atom stereocenters. The first-order valence-corrected chi connectivity index (χ1v) is 7.98. The van der Waals surface area contributed by atoms with Gasteiger partial charge in [0.2, 0.25) is 5.91 Å². The fourth-order valence-electron chi connectivity index (χ4n) is 2.19. The van der Waals surface area contributed by atoms with Crippen molar-refractivity contribution in [2.75, 3.05) is 19.0 Å². The van der Waals surface area contributed by atoms with Crippen LogP contribution in [0.5, 0.6) is 11.5 Å². The molecule has 5 nitrogen and oxygen atoms in total. The van der Waals surface area contributed by atoms with E-state index in [-0.39, 0.29) is 11.9 Å². The van der Waals surface area contributed by atoms with E-state index in [1.807, 2.05) is 36.4 Å². The van der Waals surface area contributed by atoms with Crippen molar-refractivity contribution < 1.29 is 14.3 Å². The van der Waals surface area contributed by atoms with Gasteiger partial charge in [0.05, 0.1) is 6.61 Å². The number of ether oxygens (including phenoxy) is 2. The molecule has 0 aliphatic heterocycles. The lowest BCUT2D eigenvalue weighted by Gasteiger charge is -2.09. The Kier molecular flexibility index (Phi) is 6.78. The highest BCUT2D eigenvalue weighted by atomic mass is 16.5. The smallest absolute Gasteiger partial charge is 0.225 e. The van der Waals surface area contributed by atoms with Gasteiger partial charge in [-0.1, -0.05) is 12.1 Å². The van der Waals surface area contributed by atoms with Crippen LogP contribution in [0.3, 0.4) is 0 Å². The maximum absolute atomic E-state index is 11.7. The number of methoxy groups -OCH3 is 1. The molecule has 24 heavy (non-hydrogen) atoms. The average Bonchev–Trinajstić information content (AvgIpc) is 2.55. The maximum Gasteiger partial charge on any atom is 0.225 e. The summed E-state index contributed by atoms with van der Waals surface area (Å²) in [4.78, 5) is 11.7. The maximum atomic E-state index is 11.7. The normalized spacial score (nSPS) is 11.8. The lowest BCUT2D eigenvalue weighted by molar-refractivity contribution is -0.116. The number of hydrogen-bond acceptors (Lipinski definition) is 4. The molecule has 0 aliphatic carbocycles. The Balaban J connectivity index is 1.90. The third-order valence-electron chi connectivity index (χ3n) is 3.40. The van der Waals surface area contributed by atoms with Crippen LogP contribution in [0.15, 0.2) is 48.5 Å². The first kappa shape index (κ1) is 18.0. The van der Waals surface area contributed by atoms with Crippen LogP contribution < -0.4 is 15.8 Å². The molecule has 1 atom stereocenters. The number of amides is 1. The zero-order valence-electron chi connectivity index (χ0n) is 14.1. The highest BCUT2D eigenvalue weighted by Crippen LogP contribution is 2.23. The van der Waals surface area contributed by atoms with Crippen LogP contribution in [-0.4, -0.2) is 25.7 Å². The predicted molar refractivity (Wildman–Crippen MR) is 95.4 cm³/mol. The molecule has 2 rings (SSSR count). The molecule has 5 heteroatoms. The monoisotopic (exact) mass is 328 g/mol. The van der Waals surface area contributed by atoms with Gasteiger partial charge in [-0.3, -0.25) is 4.79 Å². The van der Waals surface area contributed by atoms with Crippen LogP contribution in [0.2, 0.25) is 0 Å². The van der Waals surface area contributed by atoms with Crippen molar-refractivity contribution in [2.24, 2.45) is 5.73 Å². The zero-order chi connectivity index (χ0) is 17.4. The number of hydrogen-bond donors (Lipinski definition) is 2. The standard InChI is InChI=1S/C19H24N2O3/c1-14(20)13-19(22)21-16-5-9-18(10-6-16)24-17-7-3-15(4-8-17)11-12-23-2/h3-10,14H,11-13,20H2,1-2H3,(H,21,22). The highest BCUT2D eigenvalue weighted by molar-refractivity contribution is 5.91. The van der Waals surface area contributed by atoms with E-state index in [0.29, 0.717) is 18.8 Å². The summed E-state index contributed by atoms with van der Waals surface area (Å²) in [5, 5.41) is 2.81. The summed E-state index contributed by atoms with van der Waals surface area (Å²) in [7, 11) is 1.69. The van der Waals surface area contributed by atoms with Gasteiger partial charge in [-0.15, -0.1) is 0 Å². The molecular weight excluding hydrogens is 304 g/mol. The van der Waals surface area contributed by atoms with E-state index in [1.54, 1.807) is 26.2 Å². The van der Waals surface area contributed by atoms with Gasteiger partial charge in [-0.2, -0.15) is 0 Å². The first-order valence-electron chi connectivity index (χ1n) is 7.98. The van der Waals surface area contributed by atoms with Crippen molar-refractivity contribution in [3.8, 4) is 11.5 Å². The molecule has 0 saturated heterocycles. The fourth-order valence-corrected chi connectivity index (χ4v) is 2.19. The Hall–Kier alpha value is -2.37. The molecule has 0 bridgehead atoms. The molecule has 1 amide bonds. The lowest BCUT2D eigenvalue weighted by atomic mass is 10.1. The third-order valence-corrected chi connectivity index (χ3v) is 3.40. The molecule has 0 fully saturated rings. The van der Waals surface area contributed by atoms with E-state index in [4.69, 9.17) is 15.2 Å². The van der Waals surface area contributed by atoms with E-state index in [1.165, 1.54) is 5.56 Å². The predicted octanol–water partition coefficient (Wildman–Crippen LogP) is 3.34. The molecule has 3 N–H and O–H groups in total. The number of rotatable bonds is 8. The third kappa shape index (κ3) is 6.02. The Labute approximate surface area is 142 Å². The topological polar surface area (TPSA) is 73.6 Å². The van der Waals surface area contributed by atoms with Crippen molar-refractivity contribution in [3.05, 3.63) is 54.1 Å². The summed E-state index contributed by atoms with van der Waals surface area (Å²) in [6, 6.07) is 15.0. The summed E-state index contributed by atoms with van der Waals surface area (Å²) < 4.78 is 10.9. The van der Waals surface area contributed by atoms with E-state index in [0.717, 1.165) is 17.9 Å². The van der Waals surface area contributed by atoms with Gasteiger partial charge in [-0.05, 0) is 55.3 Å². The Bertz CT molecular complexity index is 637. The summed E-state index contributed by atoms with van der Waals surface area (Å²) >= 11 is 0. The second-order valence-electron chi connectivity index (χ2n) is 5.74. The lowest BCUT2D eigenvalue weighted by Crippen LogP contribution is -2.23. The summed E-state index contributed by atoms with van der Waals surface area (Å²) in [6.45, 7) is 2.51. The highest BCUT2D eigenvalue weighted by Gasteiger charge is 2.05. The van der Waals surface area contributed by atoms with Crippen LogP contribution >= 0.6 is 0 Å². The van der Waals surface area contributed by atoms with E-state index >= 15 is 0 Å². The van der Waals surface area contributed by atoms with Gasteiger partial charge in [0.15, 0.2) is 0 Å². The van der Waals surface area contributed by atoms with Crippen LogP contribution in [0.25, 0.3) is 0 Å². The van der Waals surface area contributed by atoms with Gasteiger partial charge in [-0.25, -0.2) is 0 Å². The zero-order valence-corrected chi connectivity index (χ0v) is 14.1. The first-order chi connectivity index (χ1) is 11.6. The Morgan fingerprint density at radius 3 is 2.21 bits per heavy atom. The SMILES string of the molecule is COCCc1ccc(Oc2ccc(NC(=O)CC(C)N)cc2)cc1. The number of carbonyl (C=O) groups excluding carboxylic acids is 1. The molecule has 0 aliphatic rings. The molecule has 0 radical (unpaired) electrons. The fraction of sp³-hybridized carbons (Fsp3) is 0.316. The molecule has 0 heterocycles. The number of nitrogens with two attached hydrogens (primary N) is 1. The van der Waals surface area contributed by atoms with Crippen LogP contribution in [0.4, 0.5) is 5.69 Å². The minimum absolute atomic E-state index is 0.0923. The second-order valence-corrected chi connectivity index (χ2v) is 5.74. The van der Waals surface area contributed by atoms with Gasteiger partial charge < -0.3 is 20.5 Å². The van der Waals surface area contributed by atoms with Gasteiger partial charge in [0, 0.05) is 25.3 Å². The number of anilines is 1. The number of carbonyl (C=O) groups is 1. The molecule has 128 valence electrons. The molecule has 2 aromatic carbocycles. The molecule has 0 spiro atoms. The second kappa shape index (κ2) is 9.05. The van der Waals surface area contributed by atoms with Gasteiger partial charge >= 0.3 is 0 Å². The Morgan fingerprint density at radius 2 is 1.67 bits per heavy atom. The van der Waals surface area contributed by atoms with Crippen molar-refractivity contribution in [1.82, 2.24) is 0 Å². The minimum atomic E-state index is -0.153. The van der Waals surface area contributed by atoms with Crippen LogP contribution in [0, 0.1) is 0 Å². The van der Waals surface area contributed by atoms with Crippen LogP contribution in [0.1, 0.15) is 18.9 Å². The van der Waals surface area contributed by atoms with Crippen molar-refractivity contribution in [2.45, 2.75) is 25.8 Å². The van der Waals surface area contributed by atoms with E-state index in [2.05, 4.69) is 5.32 Å². The molecule has 0 aromatic heterocycles. The van der Waals surface area contributed by atoms with E-state index in [9.17, 15) is 4.79 Å².